The van der Waals surface area contributed by atoms with E-state index in [9.17, 15) is 0 Å². The average Bonchev–Trinajstić information content (AvgIpc) is 2.65. The third kappa shape index (κ3) is 2.54. The molecule has 0 saturated heterocycles. The molecule has 0 unspecified atom stereocenters. The average molecular weight is 272 g/mol. The first-order valence-corrected chi connectivity index (χ1v) is 7.21. The quantitative estimate of drug-likeness (QED) is 0.813. The van der Waals surface area contributed by atoms with Gasteiger partial charge in [0.15, 0.2) is 0 Å². The Hall–Kier alpha value is -1.31. The number of nitrogens with one attached hydrogen (secondary N) is 1. The Morgan fingerprint density at radius 3 is 2.84 bits per heavy atom. The van der Waals surface area contributed by atoms with Gasteiger partial charge >= 0.3 is 0 Å². The number of hydrogen-bond donors (Lipinski definition) is 1. The highest BCUT2D eigenvalue weighted by atomic mass is 35.5. The zero-order valence-electron chi connectivity index (χ0n) is 11.2. The summed E-state index contributed by atoms with van der Waals surface area (Å²) in [5, 5.41) is 4.38. The molecule has 3 rings (SSSR count). The summed E-state index contributed by atoms with van der Waals surface area (Å²) in [4.78, 5) is 0. The van der Waals surface area contributed by atoms with Gasteiger partial charge in [0.05, 0.1) is 0 Å². The van der Waals surface area contributed by atoms with E-state index in [0.29, 0.717) is 0 Å². The standard InChI is InChI=1S/C17H18ClN/c1-12-5-2-3-6-15(12)13-9-14-11-19-8-4-7-16(14)17(18)10-13/h2-3,5-6,9-10,19H,4,7-8,11H2,1H3. The van der Waals surface area contributed by atoms with Gasteiger partial charge in [-0.2, -0.15) is 0 Å². The van der Waals surface area contributed by atoms with Crippen molar-refractivity contribution >= 4 is 11.6 Å². The van der Waals surface area contributed by atoms with E-state index < -0.39 is 0 Å². The zero-order chi connectivity index (χ0) is 13.2. The Morgan fingerprint density at radius 1 is 1.16 bits per heavy atom. The topological polar surface area (TPSA) is 12.0 Å². The van der Waals surface area contributed by atoms with Crippen molar-refractivity contribution in [1.29, 1.82) is 0 Å². The summed E-state index contributed by atoms with van der Waals surface area (Å²) in [6, 6.07) is 12.9. The Morgan fingerprint density at radius 2 is 2.00 bits per heavy atom. The molecule has 2 aromatic rings. The van der Waals surface area contributed by atoms with Crippen LogP contribution in [0, 0.1) is 6.92 Å². The lowest BCUT2D eigenvalue weighted by atomic mass is 9.95. The molecule has 0 atom stereocenters. The third-order valence-electron chi connectivity index (χ3n) is 3.84. The van der Waals surface area contributed by atoms with Crippen LogP contribution in [0.2, 0.25) is 5.02 Å². The molecule has 0 spiro atoms. The molecule has 1 N–H and O–H groups in total. The van der Waals surface area contributed by atoms with Gasteiger partial charge < -0.3 is 5.32 Å². The summed E-state index contributed by atoms with van der Waals surface area (Å²) in [7, 11) is 0. The molecule has 0 aromatic heterocycles. The van der Waals surface area contributed by atoms with Gasteiger partial charge in [0.25, 0.3) is 0 Å². The molecular formula is C17H18ClN. The lowest BCUT2D eigenvalue weighted by Crippen LogP contribution is -2.12. The SMILES string of the molecule is Cc1ccccc1-c1cc(Cl)c2c(c1)CNCCC2. The van der Waals surface area contributed by atoms with E-state index in [1.807, 2.05) is 0 Å². The first kappa shape index (κ1) is 12.7. The maximum absolute atomic E-state index is 6.49. The molecule has 1 aliphatic rings. The number of halogens is 1. The summed E-state index contributed by atoms with van der Waals surface area (Å²) in [5.74, 6) is 0. The third-order valence-corrected chi connectivity index (χ3v) is 4.18. The van der Waals surface area contributed by atoms with Crippen LogP contribution in [-0.2, 0) is 13.0 Å². The lowest BCUT2D eigenvalue weighted by molar-refractivity contribution is 0.681. The maximum atomic E-state index is 6.49. The Labute approximate surface area is 119 Å². The van der Waals surface area contributed by atoms with Crippen LogP contribution in [0.25, 0.3) is 11.1 Å². The zero-order valence-corrected chi connectivity index (χ0v) is 11.9. The van der Waals surface area contributed by atoms with Crippen molar-refractivity contribution < 1.29 is 0 Å². The number of aryl methyl sites for hydroxylation is 1. The molecule has 1 heterocycles. The van der Waals surface area contributed by atoms with E-state index in [1.54, 1.807) is 0 Å². The molecule has 0 saturated carbocycles. The molecule has 98 valence electrons. The Bertz CT molecular complexity index is 604. The van der Waals surface area contributed by atoms with E-state index >= 15 is 0 Å². The minimum atomic E-state index is 0.916. The van der Waals surface area contributed by atoms with Crippen molar-refractivity contribution in [3.05, 3.63) is 58.1 Å². The highest BCUT2D eigenvalue weighted by Crippen LogP contribution is 2.32. The van der Waals surface area contributed by atoms with Gasteiger partial charge in [-0.25, -0.2) is 0 Å². The molecule has 2 heteroatoms. The minimum Gasteiger partial charge on any atom is -0.313 e. The van der Waals surface area contributed by atoms with Crippen molar-refractivity contribution in [2.45, 2.75) is 26.3 Å². The van der Waals surface area contributed by atoms with Crippen LogP contribution in [0.4, 0.5) is 0 Å². The monoisotopic (exact) mass is 271 g/mol. The summed E-state index contributed by atoms with van der Waals surface area (Å²) >= 11 is 6.49. The van der Waals surface area contributed by atoms with Crippen molar-refractivity contribution in [2.75, 3.05) is 6.54 Å². The Kier molecular flexibility index (Phi) is 3.58. The van der Waals surface area contributed by atoms with Crippen LogP contribution < -0.4 is 5.32 Å². The second-order valence-corrected chi connectivity index (χ2v) is 5.60. The first-order valence-electron chi connectivity index (χ1n) is 6.84. The van der Waals surface area contributed by atoms with Crippen LogP contribution in [0.5, 0.6) is 0 Å². The molecule has 0 amide bonds. The van der Waals surface area contributed by atoms with Crippen molar-refractivity contribution in [3.8, 4) is 11.1 Å². The predicted molar refractivity (Wildman–Crippen MR) is 81.7 cm³/mol. The molecule has 1 nitrogen and oxygen atoms in total. The van der Waals surface area contributed by atoms with Gasteiger partial charge in [0, 0.05) is 11.6 Å². The number of fused-ring (bicyclic) bond motifs is 1. The minimum absolute atomic E-state index is 0.916. The smallest absolute Gasteiger partial charge is 0.0447 e. The predicted octanol–water partition coefficient (Wildman–Crippen LogP) is 4.35. The molecule has 0 bridgehead atoms. The largest absolute Gasteiger partial charge is 0.313 e. The van der Waals surface area contributed by atoms with Gasteiger partial charge in [-0.15, -0.1) is 0 Å². The highest BCUT2D eigenvalue weighted by molar-refractivity contribution is 6.31. The Balaban J connectivity index is 2.12. The van der Waals surface area contributed by atoms with Gasteiger partial charge in [0.1, 0.15) is 0 Å². The molecule has 2 aromatic carbocycles. The van der Waals surface area contributed by atoms with Crippen LogP contribution >= 0.6 is 11.6 Å². The summed E-state index contributed by atoms with van der Waals surface area (Å²) in [6.07, 6.45) is 2.24. The molecular weight excluding hydrogens is 254 g/mol. The molecule has 0 aliphatic carbocycles. The van der Waals surface area contributed by atoms with Crippen LogP contribution in [0.15, 0.2) is 36.4 Å². The second kappa shape index (κ2) is 5.36. The van der Waals surface area contributed by atoms with Gasteiger partial charge in [-0.3, -0.25) is 0 Å². The second-order valence-electron chi connectivity index (χ2n) is 5.19. The maximum Gasteiger partial charge on any atom is 0.0447 e. The number of benzene rings is 2. The summed E-state index contributed by atoms with van der Waals surface area (Å²) < 4.78 is 0. The first-order chi connectivity index (χ1) is 9.25. The van der Waals surface area contributed by atoms with Crippen LogP contribution in [0.1, 0.15) is 23.1 Å². The van der Waals surface area contributed by atoms with Gasteiger partial charge in [-0.05, 0) is 66.3 Å². The van der Waals surface area contributed by atoms with Crippen LogP contribution in [0.3, 0.4) is 0 Å². The molecule has 0 radical (unpaired) electrons. The van der Waals surface area contributed by atoms with E-state index in [-0.39, 0.29) is 0 Å². The normalized spacial score (nSPS) is 14.8. The fourth-order valence-corrected chi connectivity index (χ4v) is 3.13. The summed E-state index contributed by atoms with van der Waals surface area (Å²) in [5.41, 5.74) is 6.47. The van der Waals surface area contributed by atoms with Gasteiger partial charge in [0.2, 0.25) is 0 Å². The molecule has 0 fully saturated rings. The fraction of sp³-hybridized carbons (Fsp3) is 0.294. The molecule has 1 aliphatic heterocycles. The van der Waals surface area contributed by atoms with E-state index in [1.165, 1.54) is 27.8 Å². The number of rotatable bonds is 1. The summed E-state index contributed by atoms with van der Waals surface area (Å²) in [6.45, 7) is 4.15. The van der Waals surface area contributed by atoms with E-state index in [2.05, 4.69) is 48.6 Å². The van der Waals surface area contributed by atoms with Crippen LogP contribution in [-0.4, -0.2) is 6.54 Å². The van der Waals surface area contributed by atoms with E-state index in [0.717, 1.165) is 31.0 Å². The van der Waals surface area contributed by atoms with Gasteiger partial charge in [-0.1, -0.05) is 35.9 Å². The van der Waals surface area contributed by atoms with Crippen molar-refractivity contribution in [3.63, 3.8) is 0 Å². The van der Waals surface area contributed by atoms with Crippen molar-refractivity contribution in [1.82, 2.24) is 5.32 Å². The van der Waals surface area contributed by atoms with E-state index in [4.69, 9.17) is 11.6 Å². The highest BCUT2D eigenvalue weighted by Gasteiger charge is 2.13. The number of hydrogen-bond acceptors (Lipinski definition) is 1. The molecule has 19 heavy (non-hydrogen) atoms. The van der Waals surface area contributed by atoms with Crippen molar-refractivity contribution in [2.24, 2.45) is 0 Å². The lowest BCUT2D eigenvalue weighted by Gasteiger charge is -2.13. The fourth-order valence-electron chi connectivity index (χ4n) is 2.80.